The molecule has 0 aliphatic carbocycles. The van der Waals surface area contributed by atoms with Crippen LogP contribution in [0.15, 0.2) is 102 Å². The molecule has 3 aliphatic rings. The first kappa shape index (κ1) is 38.5. The number of anilines is 1. The van der Waals surface area contributed by atoms with E-state index < -0.39 is 6.09 Å². The number of rotatable bonds is 8. The molecule has 1 aromatic heterocycles. The Kier molecular flexibility index (Phi) is 11.2. The van der Waals surface area contributed by atoms with Gasteiger partial charge in [-0.15, -0.1) is 11.8 Å². The number of thioether (sulfide) groups is 1. The van der Waals surface area contributed by atoms with E-state index in [0.717, 1.165) is 70.3 Å². The Morgan fingerprint density at radius 3 is 2.35 bits per heavy atom. The summed E-state index contributed by atoms with van der Waals surface area (Å²) in [6, 6.07) is 31.5. The lowest BCUT2D eigenvalue weighted by Crippen LogP contribution is -2.52. The van der Waals surface area contributed by atoms with Gasteiger partial charge in [0.25, 0.3) is 11.8 Å². The Hall–Kier alpha value is -5.36. The van der Waals surface area contributed by atoms with Gasteiger partial charge in [0, 0.05) is 92.5 Å². The van der Waals surface area contributed by atoms with E-state index in [1.165, 1.54) is 5.56 Å². The van der Waals surface area contributed by atoms with Crippen LogP contribution in [-0.4, -0.2) is 95.9 Å². The molecule has 3 aliphatic heterocycles. The van der Waals surface area contributed by atoms with E-state index in [-0.39, 0.29) is 17.9 Å². The Labute approximate surface area is 339 Å². The van der Waals surface area contributed by atoms with Gasteiger partial charge >= 0.3 is 6.09 Å². The Morgan fingerprint density at radius 2 is 1.58 bits per heavy atom. The maximum Gasteiger partial charge on any atom is 0.415 e. The zero-order valence-electron chi connectivity index (χ0n) is 33.1. The number of para-hydroxylation sites is 1. The fourth-order valence-electron chi connectivity index (χ4n) is 8.33. The van der Waals surface area contributed by atoms with Crippen LogP contribution in [0.1, 0.15) is 48.7 Å². The van der Waals surface area contributed by atoms with Crippen LogP contribution in [0.2, 0.25) is 0 Å². The van der Waals surface area contributed by atoms with Crippen molar-refractivity contribution in [2.75, 3.05) is 57.6 Å². The molecule has 0 N–H and O–H groups in total. The second-order valence-electron chi connectivity index (χ2n) is 15.1. The summed E-state index contributed by atoms with van der Waals surface area (Å²) in [7, 11) is 3.75. The fourth-order valence-corrected chi connectivity index (χ4v) is 8.78. The fraction of sp³-hybridized carbons (Fsp3) is 0.326. The molecule has 0 bridgehead atoms. The van der Waals surface area contributed by atoms with Crippen LogP contribution in [0, 0.1) is 6.92 Å². The minimum absolute atomic E-state index is 0.0512. The van der Waals surface area contributed by atoms with Crippen LogP contribution in [0.25, 0.3) is 11.3 Å². The SMILES string of the molecule is CSc1cccc(OC(=O)N2CCc3cc(-c4cc(C(=O)N(C)c5ccccc5)c(C)n4C)c(C(=O)N4Cc5ccccc5C[C@H]4CN4CCOCC4)cc3C2)c1. The first-order chi connectivity index (χ1) is 27.7. The van der Waals surface area contributed by atoms with Crippen molar-refractivity contribution >= 4 is 35.4 Å². The van der Waals surface area contributed by atoms with Crippen molar-refractivity contribution in [3.63, 3.8) is 0 Å². The van der Waals surface area contributed by atoms with Gasteiger partial charge in [-0.25, -0.2) is 4.79 Å². The number of morpholine rings is 1. The highest BCUT2D eigenvalue weighted by Gasteiger charge is 2.35. The standard InChI is InChI=1S/C46H49N5O5S/c1-31-40(44(52)48(3)36-13-6-5-7-14-36)27-43(47(31)2)41-24-33-17-18-50(46(54)56-38-15-10-16-39(26-38)57-4)28-35(33)25-42(41)45(53)51-29-34-12-9-8-11-32(34)23-37(51)30-49-19-21-55-22-20-49/h5-16,24-27,37H,17-23,28-30H2,1-4H3/t37-/m0/s1. The third-order valence-electron chi connectivity index (χ3n) is 11.8. The topological polar surface area (TPSA) is 87.6 Å². The zero-order chi connectivity index (χ0) is 39.6. The number of carbonyl (C=O) groups is 3. The molecule has 4 heterocycles. The van der Waals surface area contributed by atoms with Gasteiger partial charge in [0.2, 0.25) is 0 Å². The van der Waals surface area contributed by atoms with Crippen molar-refractivity contribution in [1.29, 1.82) is 0 Å². The van der Waals surface area contributed by atoms with Crippen LogP contribution in [-0.2, 0) is 37.7 Å². The first-order valence-corrected chi connectivity index (χ1v) is 20.8. The molecule has 8 rings (SSSR count). The van der Waals surface area contributed by atoms with E-state index in [2.05, 4.69) is 29.2 Å². The van der Waals surface area contributed by atoms with Crippen molar-refractivity contribution in [3.8, 4) is 17.0 Å². The molecule has 4 aromatic carbocycles. The number of nitrogens with zero attached hydrogens (tertiary/aromatic N) is 5. The number of carbonyl (C=O) groups excluding carboxylic acids is 3. The summed E-state index contributed by atoms with van der Waals surface area (Å²) in [6.07, 6.45) is 2.92. The molecule has 3 amide bonds. The van der Waals surface area contributed by atoms with Gasteiger partial charge < -0.3 is 28.7 Å². The number of fused-ring (bicyclic) bond motifs is 2. The van der Waals surface area contributed by atoms with Crippen LogP contribution in [0.4, 0.5) is 10.5 Å². The van der Waals surface area contributed by atoms with E-state index >= 15 is 4.79 Å². The number of hydrogen-bond donors (Lipinski definition) is 0. The molecule has 0 unspecified atom stereocenters. The summed E-state index contributed by atoms with van der Waals surface area (Å²) < 4.78 is 13.5. The second kappa shape index (κ2) is 16.6. The van der Waals surface area contributed by atoms with Crippen LogP contribution >= 0.6 is 11.8 Å². The normalized spacial score (nSPS) is 16.8. The average Bonchev–Trinajstić information content (AvgIpc) is 3.55. The molecule has 294 valence electrons. The maximum atomic E-state index is 15.4. The van der Waals surface area contributed by atoms with Crippen LogP contribution in [0.5, 0.6) is 5.75 Å². The van der Waals surface area contributed by atoms with Crippen molar-refractivity contribution < 1.29 is 23.9 Å². The lowest BCUT2D eigenvalue weighted by Gasteiger charge is -2.41. The van der Waals surface area contributed by atoms with E-state index in [1.807, 2.05) is 96.4 Å². The third kappa shape index (κ3) is 7.97. The molecule has 57 heavy (non-hydrogen) atoms. The molecular weight excluding hydrogens is 735 g/mol. The van der Waals surface area contributed by atoms with Gasteiger partial charge in [0.05, 0.1) is 18.8 Å². The molecule has 0 saturated carbocycles. The summed E-state index contributed by atoms with van der Waals surface area (Å²) in [5.41, 5.74) is 8.71. The summed E-state index contributed by atoms with van der Waals surface area (Å²) >= 11 is 1.59. The minimum Gasteiger partial charge on any atom is -0.410 e. The van der Waals surface area contributed by atoms with Gasteiger partial charge in [-0.2, -0.15) is 0 Å². The predicted octanol–water partition coefficient (Wildman–Crippen LogP) is 7.46. The van der Waals surface area contributed by atoms with Crippen molar-refractivity contribution in [1.82, 2.24) is 19.3 Å². The number of amides is 3. The molecule has 11 heteroatoms. The van der Waals surface area contributed by atoms with Gasteiger partial charge in [-0.3, -0.25) is 14.5 Å². The maximum absolute atomic E-state index is 15.4. The number of hydrogen-bond acceptors (Lipinski definition) is 7. The van der Waals surface area contributed by atoms with E-state index in [4.69, 9.17) is 9.47 Å². The monoisotopic (exact) mass is 783 g/mol. The number of aromatic nitrogens is 1. The predicted molar refractivity (Wildman–Crippen MR) is 224 cm³/mol. The van der Waals surface area contributed by atoms with Crippen molar-refractivity contribution in [3.05, 3.63) is 136 Å². The Bertz CT molecular complexity index is 2300. The first-order valence-electron chi connectivity index (χ1n) is 19.6. The summed E-state index contributed by atoms with van der Waals surface area (Å²) in [5, 5.41) is 0. The minimum atomic E-state index is -0.419. The highest BCUT2D eigenvalue weighted by atomic mass is 32.2. The third-order valence-corrected chi connectivity index (χ3v) is 12.5. The van der Waals surface area contributed by atoms with Gasteiger partial charge in [0.1, 0.15) is 5.75 Å². The summed E-state index contributed by atoms with van der Waals surface area (Å²) in [4.78, 5) is 51.8. The largest absolute Gasteiger partial charge is 0.415 e. The quantitative estimate of drug-likeness (QED) is 0.151. The smallest absolute Gasteiger partial charge is 0.410 e. The van der Waals surface area contributed by atoms with Gasteiger partial charge in [-0.1, -0.05) is 48.5 Å². The Morgan fingerprint density at radius 1 is 0.825 bits per heavy atom. The van der Waals surface area contributed by atoms with Gasteiger partial charge in [0.15, 0.2) is 0 Å². The van der Waals surface area contributed by atoms with Crippen molar-refractivity contribution in [2.24, 2.45) is 7.05 Å². The highest BCUT2D eigenvalue weighted by molar-refractivity contribution is 7.98. The highest BCUT2D eigenvalue weighted by Crippen LogP contribution is 2.36. The van der Waals surface area contributed by atoms with Crippen LogP contribution in [0.3, 0.4) is 0 Å². The molecule has 5 aromatic rings. The molecule has 1 atom stereocenters. The molecular formula is C46H49N5O5S. The zero-order valence-corrected chi connectivity index (χ0v) is 33.9. The number of benzene rings is 4. The molecule has 1 saturated heterocycles. The summed E-state index contributed by atoms with van der Waals surface area (Å²) in [6.45, 7) is 7.00. The number of ether oxygens (including phenoxy) is 2. The molecule has 10 nitrogen and oxygen atoms in total. The lowest BCUT2D eigenvalue weighted by molar-refractivity contribution is 0.0193. The summed E-state index contributed by atoms with van der Waals surface area (Å²) in [5.74, 6) is 0.312. The lowest BCUT2D eigenvalue weighted by atomic mass is 9.89. The molecule has 0 spiro atoms. The van der Waals surface area contributed by atoms with E-state index in [9.17, 15) is 9.59 Å². The molecule has 1 fully saturated rings. The second-order valence-corrected chi connectivity index (χ2v) is 16.0. The average molecular weight is 784 g/mol. The van der Waals surface area contributed by atoms with E-state index in [1.54, 1.807) is 34.7 Å². The van der Waals surface area contributed by atoms with Gasteiger partial charge in [-0.05, 0) is 96.8 Å². The Balaban J connectivity index is 1.18. The van der Waals surface area contributed by atoms with Crippen molar-refractivity contribution in [2.45, 2.75) is 43.8 Å². The van der Waals surface area contributed by atoms with E-state index in [0.29, 0.717) is 56.1 Å². The van der Waals surface area contributed by atoms with Crippen LogP contribution < -0.4 is 9.64 Å². The molecule has 0 radical (unpaired) electrons.